The molecule has 1 aliphatic carbocycles. The second kappa shape index (κ2) is 6.87. The van der Waals surface area contributed by atoms with Gasteiger partial charge in [0.05, 0.1) is 0 Å². The van der Waals surface area contributed by atoms with Crippen molar-refractivity contribution in [3.63, 3.8) is 0 Å². The van der Waals surface area contributed by atoms with Crippen molar-refractivity contribution in [2.75, 3.05) is 13.1 Å². The summed E-state index contributed by atoms with van der Waals surface area (Å²) in [5.74, 6) is 1.65. The number of rotatable bonds is 5. The molecule has 132 valence electrons. The first kappa shape index (κ1) is 16.7. The van der Waals surface area contributed by atoms with Gasteiger partial charge in [0.15, 0.2) is 0 Å². The van der Waals surface area contributed by atoms with Gasteiger partial charge in [0, 0.05) is 19.1 Å². The Morgan fingerprint density at radius 2 is 1.60 bits per heavy atom. The second-order valence-electron chi connectivity index (χ2n) is 7.63. The Labute approximate surface area is 148 Å². The van der Waals surface area contributed by atoms with Crippen molar-refractivity contribution in [2.45, 2.75) is 38.1 Å². The van der Waals surface area contributed by atoms with E-state index in [4.69, 9.17) is 0 Å². The zero-order valence-electron chi connectivity index (χ0n) is 14.7. The molecule has 4 atom stereocenters. The molecule has 2 aromatic rings. The summed E-state index contributed by atoms with van der Waals surface area (Å²) < 4.78 is 26.4. The smallest absolute Gasteiger partial charge is 0.123 e. The molecule has 0 radical (unpaired) electrons. The highest BCUT2D eigenvalue weighted by Crippen LogP contribution is 2.53. The summed E-state index contributed by atoms with van der Waals surface area (Å²) >= 11 is 0. The average molecular weight is 341 g/mol. The van der Waals surface area contributed by atoms with Gasteiger partial charge in [0.25, 0.3) is 0 Å². The molecule has 4 unspecified atom stereocenters. The summed E-state index contributed by atoms with van der Waals surface area (Å²) in [6, 6.07) is 14.5. The van der Waals surface area contributed by atoms with Crippen molar-refractivity contribution in [1.82, 2.24) is 4.90 Å². The van der Waals surface area contributed by atoms with Crippen LogP contribution < -0.4 is 0 Å². The lowest BCUT2D eigenvalue weighted by molar-refractivity contribution is 0.190. The zero-order valence-corrected chi connectivity index (χ0v) is 14.7. The maximum atomic E-state index is 13.3. The Kier molecular flexibility index (Phi) is 4.60. The maximum absolute atomic E-state index is 13.3. The molecule has 0 N–H and O–H groups in total. The highest BCUT2D eigenvalue weighted by molar-refractivity contribution is 5.27. The number of fused-ring (bicyclic) bond motifs is 1. The summed E-state index contributed by atoms with van der Waals surface area (Å²) in [6.07, 6.45) is 3.43. The number of halogens is 2. The van der Waals surface area contributed by atoms with E-state index in [2.05, 4.69) is 11.8 Å². The molecule has 4 rings (SSSR count). The Morgan fingerprint density at radius 3 is 2.24 bits per heavy atom. The predicted octanol–water partition coefficient (Wildman–Crippen LogP) is 5.54. The molecule has 1 aliphatic heterocycles. The summed E-state index contributed by atoms with van der Waals surface area (Å²) in [6.45, 7) is 4.43. The van der Waals surface area contributed by atoms with Gasteiger partial charge in [0.1, 0.15) is 11.6 Å². The Morgan fingerprint density at radius 1 is 0.960 bits per heavy atom. The molecule has 2 aromatic carbocycles. The summed E-state index contributed by atoms with van der Waals surface area (Å²) in [5, 5.41) is 0. The van der Waals surface area contributed by atoms with Gasteiger partial charge in [0.2, 0.25) is 0 Å². The van der Waals surface area contributed by atoms with Gasteiger partial charge in [-0.05, 0) is 66.0 Å². The number of nitrogens with zero attached hydrogens (tertiary/aromatic N) is 1. The normalized spacial score (nSPS) is 26.9. The van der Waals surface area contributed by atoms with Gasteiger partial charge >= 0.3 is 0 Å². The molecule has 0 spiro atoms. The molecule has 0 amide bonds. The first-order valence-corrected chi connectivity index (χ1v) is 9.40. The number of hydrogen-bond donors (Lipinski definition) is 0. The molecule has 25 heavy (non-hydrogen) atoms. The van der Waals surface area contributed by atoms with E-state index in [9.17, 15) is 8.78 Å². The van der Waals surface area contributed by atoms with E-state index in [0.29, 0.717) is 17.9 Å². The summed E-state index contributed by atoms with van der Waals surface area (Å²) in [7, 11) is 0. The van der Waals surface area contributed by atoms with E-state index in [1.54, 1.807) is 24.3 Å². The average Bonchev–Trinajstić information content (AvgIpc) is 2.93. The number of benzene rings is 2. The van der Waals surface area contributed by atoms with E-state index in [1.165, 1.54) is 17.5 Å². The number of likely N-dealkylation sites (tertiary alicyclic amines) is 1. The van der Waals surface area contributed by atoms with Crippen molar-refractivity contribution in [3.05, 3.63) is 71.3 Å². The van der Waals surface area contributed by atoms with Crippen LogP contribution in [0.5, 0.6) is 0 Å². The van der Waals surface area contributed by atoms with Crippen LogP contribution in [0.3, 0.4) is 0 Å². The Bertz CT molecular complexity index is 710. The molecule has 3 heteroatoms. The minimum atomic E-state index is -0.170. The van der Waals surface area contributed by atoms with Crippen LogP contribution in [-0.2, 0) is 0 Å². The van der Waals surface area contributed by atoms with Crippen LogP contribution in [0.2, 0.25) is 0 Å². The molecule has 1 nitrogen and oxygen atoms in total. The van der Waals surface area contributed by atoms with E-state index < -0.39 is 0 Å². The van der Waals surface area contributed by atoms with Crippen LogP contribution >= 0.6 is 0 Å². The lowest BCUT2D eigenvalue weighted by atomic mass is 9.64. The topological polar surface area (TPSA) is 3.24 Å². The van der Waals surface area contributed by atoms with Gasteiger partial charge in [-0.15, -0.1) is 0 Å². The third-order valence-electron chi connectivity index (χ3n) is 6.15. The summed E-state index contributed by atoms with van der Waals surface area (Å²) in [4.78, 5) is 2.59. The SMILES string of the molecule is CCCC(c1ccc(F)cc1)N1CC2CC(c3ccc(F)cc3)C2C1. The molecule has 0 aromatic heterocycles. The molecular formula is C22H25F2N. The predicted molar refractivity (Wildman–Crippen MR) is 96.4 cm³/mol. The Balaban J connectivity index is 1.49. The standard InChI is InChI=1S/C22H25F2N/c1-2-3-22(16-6-10-19(24)11-7-16)25-13-17-12-20(21(17)14-25)15-4-8-18(23)9-5-15/h4-11,17,20-22H,2-3,12-14H2,1H3. The third-order valence-corrected chi connectivity index (χ3v) is 6.15. The molecule has 1 saturated heterocycles. The maximum Gasteiger partial charge on any atom is 0.123 e. The van der Waals surface area contributed by atoms with Gasteiger partial charge in [-0.1, -0.05) is 37.6 Å². The number of hydrogen-bond acceptors (Lipinski definition) is 1. The van der Waals surface area contributed by atoms with Crippen LogP contribution in [0, 0.1) is 23.5 Å². The van der Waals surface area contributed by atoms with Gasteiger partial charge in [-0.2, -0.15) is 0 Å². The minimum absolute atomic E-state index is 0.160. The third kappa shape index (κ3) is 3.22. The highest BCUT2D eigenvalue weighted by atomic mass is 19.1. The lowest BCUT2D eigenvalue weighted by Crippen LogP contribution is -2.33. The van der Waals surface area contributed by atoms with E-state index in [-0.39, 0.29) is 11.6 Å². The van der Waals surface area contributed by atoms with Crippen molar-refractivity contribution in [3.8, 4) is 0 Å². The minimum Gasteiger partial charge on any atom is -0.296 e. The van der Waals surface area contributed by atoms with E-state index >= 15 is 0 Å². The first-order chi connectivity index (χ1) is 12.2. The van der Waals surface area contributed by atoms with Crippen LogP contribution in [0.15, 0.2) is 48.5 Å². The molecule has 1 saturated carbocycles. The van der Waals surface area contributed by atoms with Crippen LogP contribution in [0.1, 0.15) is 49.3 Å². The highest BCUT2D eigenvalue weighted by Gasteiger charge is 2.48. The van der Waals surface area contributed by atoms with Gasteiger partial charge in [-0.3, -0.25) is 4.90 Å². The van der Waals surface area contributed by atoms with E-state index in [0.717, 1.165) is 31.8 Å². The van der Waals surface area contributed by atoms with Crippen molar-refractivity contribution < 1.29 is 8.78 Å². The van der Waals surface area contributed by atoms with Crippen LogP contribution in [0.4, 0.5) is 8.78 Å². The Hall–Kier alpha value is -1.74. The molecule has 0 bridgehead atoms. The van der Waals surface area contributed by atoms with Crippen LogP contribution in [-0.4, -0.2) is 18.0 Å². The first-order valence-electron chi connectivity index (χ1n) is 9.40. The van der Waals surface area contributed by atoms with Crippen molar-refractivity contribution >= 4 is 0 Å². The second-order valence-corrected chi connectivity index (χ2v) is 7.63. The molecule has 2 fully saturated rings. The van der Waals surface area contributed by atoms with Gasteiger partial charge < -0.3 is 0 Å². The summed E-state index contributed by atoms with van der Waals surface area (Å²) in [5.41, 5.74) is 2.50. The quantitative estimate of drug-likeness (QED) is 0.690. The van der Waals surface area contributed by atoms with Gasteiger partial charge in [-0.25, -0.2) is 8.78 Å². The van der Waals surface area contributed by atoms with Crippen LogP contribution in [0.25, 0.3) is 0 Å². The fraction of sp³-hybridized carbons (Fsp3) is 0.455. The fourth-order valence-corrected chi connectivity index (χ4v) is 4.81. The molecule has 2 aliphatic rings. The largest absolute Gasteiger partial charge is 0.296 e. The lowest BCUT2D eigenvalue weighted by Gasteiger charge is -2.40. The zero-order chi connectivity index (χ0) is 17.4. The monoisotopic (exact) mass is 341 g/mol. The molecule has 1 heterocycles. The fourth-order valence-electron chi connectivity index (χ4n) is 4.81. The van der Waals surface area contributed by atoms with Crippen molar-refractivity contribution in [1.29, 1.82) is 0 Å². The van der Waals surface area contributed by atoms with Crippen molar-refractivity contribution in [2.24, 2.45) is 11.8 Å². The van der Waals surface area contributed by atoms with E-state index in [1.807, 2.05) is 24.3 Å². The molecular weight excluding hydrogens is 316 g/mol.